The Kier molecular flexibility index (Phi) is 58.9. The van der Waals surface area contributed by atoms with Crippen LogP contribution in [0, 0.1) is 0 Å². The number of carbonyl (C=O) groups is 2. The Morgan fingerprint density at radius 1 is 0.385 bits per heavy atom. The minimum absolute atomic E-state index is 0.0279. The fourth-order valence-electron chi connectivity index (χ4n) is 10.2. The normalized spacial score (nSPS) is 13.3. The van der Waals surface area contributed by atoms with E-state index < -0.39 is 26.5 Å². The van der Waals surface area contributed by atoms with Gasteiger partial charge in [-0.1, -0.05) is 295 Å². The van der Waals surface area contributed by atoms with Gasteiger partial charge in [0.15, 0.2) is 6.10 Å². The molecule has 0 aliphatic rings. The summed E-state index contributed by atoms with van der Waals surface area (Å²) in [5, 5.41) is 0. The zero-order valence-electron chi connectivity index (χ0n) is 52.6. The van der Waals surface area contributed by atoms with Crippen LogP contribution in [0.2, 0.25) is 0 Å². The highest BCUT2D eigenvalue weighted by molar-refractivity contribution is 7.45. The zero-order chi connectivity index (χ0) is 57.0. The van der Waals surface area contributed by atoms with E-state index in [1.807, 2.05) is 21.1 Å². The Hall–Kier alpha value is -1.51. The van der Waals surface area contributed by atoms with Gasteiger partial charge in [0.05, 0.1) is 27.7 Å². The Bertz CT molecular complexity index is 1370. The molecule has 0 heterocycles. The summed E-state index contributed by atoms with van der Waals surface area (Å²) in [4.78, 5) is 38.0. The van der Waals surface area contributed by atoms with E-state index in [-0.39, 0.29) is 32.0 Å². The summed E-state index contributed by atoms with van der Waals surface area (Å²) in [6, 6.07) is 0. The van der Waals surface area contributed by atoms with Crippen LogP contribution < -0.4 is 4.89 Å². The number of esters is 2. The fourth-order valence-corrected chi connectivity index (χ4v) is 10.9. The van der Waals surface area contributed by atoms with Gasteiger partial charge in [-0.25, -0.2) is 0 Å². The molecule has 0 N–H and O–H groups in total. The first-order valence-electron chi connectivity index (χ1n) is 34.0. The number of likely N-dealkylation sites (N-methyl/N-ethyl adjacent to an activating group) is 1. The molecule has 0 aromatic rings. The minimum atomic E-state index is -4.64. The number of unbranched alkanes of at least 4 members (excludes halogenated alkanes) is 46. The summed E-state index contributed by atoms with van der Waals surface area (Å²) < 4.78 is 34.3. The standard InChI is InChI=1S/C68H132NO8P/c1-6-8-10-12-14-16-18-20-22-24-26-27-28-29-30-31-32-33-34-35-36-37-38-39-40-41-43-45-47-49-51-53-55-57-59-61-68(71)77-66(65-76-78(72,73)75-63-62-69(3,4)5)64-74-67(70)60-58-56-54-52-50-48-46-44-42-25-23-21-19-17-15-13-11-9-7-2/h21,23-24,26,66H,6-20,22,25,27-65H2,1-5H3/b23-21-,26-24-. The van der Waals surface area contributed by atoms with E-state index in [1.165, 1.54) is 283 Å². The molecule has 9 nitrogen and oxygen atoms in total. The van der Waals surface area contributed by atoms with E-state index in [0.29, 0.717) is 17.4 Å². The van der Waals surface area contributed by atoms with Crippen molar-refractivity contribution in [1.29, 1.82) is 0 Å². The number of carbonyl (C=O) groups excluding carboxylic acids is 2. The van der Waals surface area contributed by atoms with Gasteiger partial charge in [0.25, 0.3) is 7.82 Å². The molecule has 0 aliphatic carbocycles. The largest absolute Gasteiger partial charge is 0.756 e. The van der Waals surface area contributed by atoms with Gasteiger partial charge in [0, 0.05) is 12.8 Å². The van der Waals surface area contributed by atoms with Gasteiger partial charge in [-0.2, -0.15) is 0 Å². The molecule has 0 aromatic carbocycles. The second kappa shape index (κ2) is 60.1. The van der Waals surface area contributed by atoms with E-state index in [9.17, 15) is 19.0 Å². The van der Waals surface area contributed by atoms with Crippen LogP contribution in [0.5, 0.6) is 0 Å². The van der Waals surface area contributed by atoms with Gasteiger partial charge in [-0.05, 0) is 64.2 Å². The van der Waals surface area contributed by atoms with E-state index in [4.69, 9.17) is 18.5 Å². The second-order valence-corrected chi connectivity index (χ2v) is 25.9. The molecule has 0 fully saturated rings. The summed E-state index contributed by atoms with van der Waals surface area (Å²) in [6.45, 7) is 4.30. The number of ether oxygens (including phenoxy) is 2. The van der Waals surface area contributed by atoms with E-state index in [2.05, 4.69) is 38.2 Å². The smallest absolute Gasteiger partial charge is 0.306 e. The SMILES string of the molecule is CCCCCCCC/C=C\CCCCCCCCCCCC(=O)OCC(COP(=O)([O-])OCC[N+](C)(C)C)OC(=O)CCCCCCCCCCCCCCCCCCCCCCCCC/C=C\CCCCCCCCCC. The first kappa shape index (κ1) is 76.5. The molecule has 0 bridgehead atoms. The zero-order valence-corrected chi connectivity index (χ0v) is 53.5. The van der Waals surface area contributed by atoms with Crippen molar-refractivity contribution >= 4 is 19.8 Å². The minimum Gasteiger partial charge on any atom is -0.756 e. The van der Waals surface area contributed by atoms with Gasteiger partial charge in [-0.15, -0.1) is 0 Å². The number of allylic oxidation sites excluding steroid dienone is 4. The molecule has 78 heavy (non-hydrogen) atoms. The Morgan fingerprint density at radius 3 is 0.949 bits per heavy atom. The fraction of sp³-hybridized carbons (Fsp3) is 0.912. The summed E-state index contributed by atoms with van der Waals surface area (Å²) in [7, 11) is 1.18. The highest BCUT2D eigenvalue weighted by Gasteiger charge is 2.22. The van der Waals surface area contributed by atoms with Crippen LogP contribution in [0.15, 0.2) is 24.3 Å². The highest BCUT2D eigenvalue weighted by Crippen LogP contribution is 2.38. The summed E-state index contributed by atoms with van der Waals surface area (Å²) in [5.74, 6) is -0.816. The molecule has 0 saturated heterocycles. The van der Waals surface area contributed by atoms with Gasteiger partial charge < -0.3 is 27.9 Å². The molecular formula is C68H132NO8P. The highest BCUT2D eigenvalue weighted by atomic mass is 31.2. The third-order valence-electron chi connectivity index (χ3n) is 15.4. The molecule has 0 spiro atoms. The first-order valence-corrected chi connectivity index (χ1v) is 35.5. The third kappa shape index (κ3) is 63.7. The van der Waals surface area contributed by atoms with Crippen molar-refractivity contribution < 1.29 is 42.1 Å². The van der Waals surface area contributed by atoms with Crippen molar-refractivity contribution in [2.75, 3.05) is 47.5 Å². The van der Waals surface area contributed by atoms with Crippen molar-refractivity contribution in [2.45, 2.75) is 354 Å². The average molecular weight is 1120 g/mol. The molecule has 0 amide bonds. The number of phosphoric acid groups is 1. The lowest BCUT2D eigenvalue weighted by Gasteiger charge is -2.28. The molecule has 0 radical (unpaired) electrons. The first-order chi connectivity index (χ1) is 38.0. The molecule has 2 atom stereocenters. The van der Waals surface area contributed by atoms with Gasteiger partial charge in [-0.3, -0.25) is 14.2 Å². The average Bonchev–Trinajstić information content (AvgIpc) is 3.41. The lowest BCUT2D eigenvalue weighted by atomic mass is 10.0. The van der Waals surface area contributed by atoms with Crippen LogP contribution in [0.25, 0.3) is 0 Å². The van der Waals surface area contributed by atoms with Gasteiger partial charge in [0.2, 0.25) is 0 Å². The number of hydrogen-bond acceptors (Lipinski definition) is 8. The van der Waals surface area contributed by atoms with E-state index in [0.717, 1.165) is 32.1 Å². The molecule has 0 rings (SSSR count). The topological polar surface area (TPSA) is 111 Å². The van der Waals surface area contributed by atoms with Crippen LogP contribution in [0.1, 0.15) is 348 Å². The van der Waals surface area contributed by atoms with Gasteiger partial charge >= 0.3 is 11.9 Å². The molecule has 0 saturated carbocycles. The summed E-state index contributed by atoms with van der Waals surface area (Å²) in [6.07, 6.45) is 74.1. The Labute approximate surface area is 485 Å². The van der Waals surface area contributed by atoms with E-state index >= 15 is 0 Å². The van der Waals surface area contributed by atoms with Crippen LogP contribution in [0.4, 0.5) is 0 Å². The maximum Gasteiger partial charge on any atom is 0.306 e. The molecule has 0 aromatic heterocycles. The predicted octanol–water partition coefficient (Wildman–Crippen LogP) is 21.1. The molecule has 2 unspecified atom stereocenters. The summed E-state index contributed by atoms with van der Waals surface area (Å²) >= 11 is 0. The predicted molar refractivity (Wildman–Crippen MR) is 333 cm³/mol. The monoisotopic (exact) mass is 1120 g/mol. The third-order valence-corrected chi connectivity index (χ3v) is 16.4. The maximum atomic E-state index is 12.8. The number of quaternary nitrogens is 1. The Balaban J connectivity index is 3.95. The Morgan fingerprint density at radius 2 is 0.654 bits per heavy atom. The summed E-state index contributed by atoms with van der Waals surface area (Å²) in [5.41, 5.74) is 0. The lowest BCUT2D eigenvalue weighted by Crippen LogP contribution is -2.37. The van der Waals surface area contributed by atoms with Crippen LogP contribution in [-0.4, -0.2) is 70.0 Å². The molecule has 462 valence electrons. The van der Waals surface area contributed by atoms with Crippen molar-refractivity contribution in [1.82, 2.24) is 0 Å². The number of phosphoric ester groups is 1. The van der Waals surface area contributed by atoms with Crippen molar-refractivity contribution in [3.8, 4) is 0 Å². The van der Waals surface area contributed by atoms with Crippen LogP contribution in [-0.2, 0) is 32.7 Å². The molecular weight excluding hydrogens is 990 g/mol. The van der Waals surface area contributed by atoms with Crippen molar-refractivity contribution in [3.63, 3.8) is 0 Å². The quantitative estimate of drug-likeness (QED) is 0.0195. The number of hydrogen-bond donors (Lipinski definition) is 0. The number of rotatable bonds is 64. The number of nitrogens with zero attached hydrogens (tertiary/aromatic N) is 1. The van der Waals surface area contributed by atoms with Crippen LogP contribution in [0.3, 0.4) is 0 Å². The van der Waals surface area contributed by atoms with Crippen molar-refractivity contribution in [2.24, 2.45) is 0 Å². The lowest BCUT2D eigenvalue weighted by molar-refractivity contribution is -0.870. The molecule has 10 heteroatoms. The van der Waals surface area contributed by atoms with Crippen LogP contribution >= 0.6 is 7.82 Å². The van der Waals surface area contributed by atoms with E-state index in [1.54, 1.807) is 0 Å². The molecule has 0 aliphatic heterocycles. The maximum absolute atomic E-state index is 12.8. The van der Waals surface area contributed by atoms with Crippen molar-refractivity contribution in [3.05, 3.63) is 24.3 Å². The second-order valence-electron chi connectivity index (χ2n) is 24.5. The van der Waals surface area contributed by atoms with Gasteiger partial charge in [0.1, 0.15) is 19.8 Å².